The summed E-state index contributed by atoms with van der Waals surface area (Å²) in [6.45, 7) is 1.35. The summed E-state index contributed by atoms with van der Waals surface area (Å²) >= 11 is 0. The highest BCUT2D eigenvalue weighted by Crippen LogP contribution is 2.41. The number of anilines is 1. The van der Waals surface area contributed by atoms with Gasteiger partial charge in [-0.25, -0.2) is 0 Å². The molecule has 30 heavy (non-hydrogen) atoms. The Morgan fingerprint density at radius 1 is 1.27 bits per heavy atom. The number of esters is 1. The summed E-state index contributed by atoms with van der Waals surface area (Å²) in [7, 11) is 1.37. The molecule has 2 aromatic carbocycles. The summed E-state index contributed by atoms with van der Waals surface area (Å²) in [6, 6.07) is 13.1. The van der Waals surface area contributed by atoms with Crippen LogP contribution in [0, 0.1) is 0 Å². The van der Waals surface area contributed by atoms with Crippen molar-refractivity contribution in [3.8, 4) is 0 Å². The molecule has 0 bridgehead atoms. The number of hydrogen-bond donors (Lipinski definition) is 2. The zero-order chi connectivity index (χ0) is 20.8. The number of carbonyl (C=O) groups is 2. The maximum Gasteiger partial charge on any atom is 0.323 e. The molecule has 0 aromatic heterocycles. The predicted octanol–water partition coefficient (Wildman–Crippen LogP) is 2.15. The van der Waals surface area contributed by atoms with Crippen LogP contribution in [0.5, 0.6) is 0 Å². The summed E-state index contributed by atoms with van der Waals surface area (Å²) in [5, 5.41) is 12.9. The monoisotopic (exact) mass is 406 g/mol. The molecule has 0 saturated carbocycles. The second-order valence-electron chi connectivity index (χ2n) is 7.84. The molecule has 154 valence electrons. The zero-order valence-corrected chi connectivity index (χ0v) is 16.6. The predicted molar refractivity (Wildman–Crippen MR) is 110 cm³/mol. The molecular formula is C23H22N2O5. The fourth-order valence-corrected chi connectivity index (χ4v) is 4.53. The smallest absolute Gasteiger partial charge is 0.323 e. The fourth-order valence-electron chi connectivity index (χ4n) is 4.53. The van der Waals surface area contributed by atoms with Gasteiger partial charge in [-0.1, -0.05) is 36.4 Å². The molecule has 2 aromatic rings. The minimum atomic E-state index is -0.538. The molecule has 5 rings (SSSR count). The maximum atomic E-state index is 12.6. The first-order valence-electron chi connectivity index (χ1n) is 9.95. The molecular weight excluding hydrogens is 384 g/mol. The number of benzene rings is 2. The third-order valence-electron chi connectivity index (χ3n) is 5.93. The second kappa shape index (κ2) is 7.27. The van der Waals surface area contributed by atoms with E-state index in [1.165, 1.54) is 7.11 Å². The van der Waals surface area contributed by atoms with Crippen LogP contribution in [0.25, 0.3) is 11.3 Å². The number of aliphatic hydroxyl groups is 1. The van der Waals surface area contributed by atoms with Crippen molar-refractivity contribution in [3.63, 3.8) is 0 Å². The zero-order valence-electron chi connectivity index (χ0n) is 16.6. The third-order valence-corrected chi connectivity index (χ3v) is 5.93. The van der Waals surface area contributed by atoms with E-state index >= 15 is 0 Å². The van der Waals surface area contributed by atoms with Crippen molar-refractivity contribution in [3.05, 3.63) is 64.7 Å². The molecule has 0 spiro atoms. The van der Waals surface area contributed by atoms with Crippen LogP contribution in [0.3, 0.4) is 0 Å². The van der Waals surface area contributed by atoms with Gasteiger partial charge in [0.15, 0.2) is 0 Å². The summed E-state index contributed by atoms with van der Waals surface area (Å²) in [5.74, 6) is 0.118. The van der Waals surface area contributed by atoms with E-state index in [0.717, 1.165) is 27.9 Å². The number of likely N-dealkylation sites (tertiary alicyclic amines) is 1. The Kier molecular flexibility index (Phi) is 4.56. The summed E-state index contributed by atoms with van der Waals surface area (Å²) in [4.78, 5) is 26.5. The maximum absolute atomic E-state index is 12.6. The molecule has 7 nitrogen and oxygen atoms in total. The van der Waals surface area contributed by atoms with Crippen molar-refractivity contribution in [2.45, 2.75) is 31.7 Å². The molecule has 1 saturated heterocycles. The number of ether oxygens (including phenoxy) is 2. The Balaban J connectivity index is 1.44. The number of nitrogens with one attached hydrogen (secondary N) is 1. The van der Waals surface area contributed by atoms with Gasteiger partial charge in [0, 0.05) is 41.9 Å². The largest absolute Gasteiger partial charge is 0.487 e. The number of aliphatic hydroxyl groups excluding tert-OH is 1. The molecule has 3 aliphatic rings. The number of amides is 1. The van der Waals surface area contributed by atoms with Gasteiger partial charge in [-0.3, -0.25) is 14.5 Å². The lowest BCUT2D eigenvalue weighted by Gasteiger charge is -2.22. The molecule has 0 radical (unpaired) electrons. The standard InChI is InChI=1S/C23H22N2O5/c1-29-23(28)19-9-15(26)11-25(19)10-13-6-7-16-14(8-13)12-30-21(16)20-17-4-2-3-5-18(17)24-22(20)27/h2-8,15,19,26H,9-12H2,1H3,(H,24,27)/b21-20+. The van der Waals surface area contributed by atoms with Crippen molar-refractivity contribution >= 4 is 28.9 Å². The van der Waals surface area contributed by atoms with E-state index < -0.39 is 12.1 Å². The summed E-state index contributed by atoms with van der Waals surface area (Å²) in [5.41, 5.74) is 5.13. The summed E-state index contributed by atoms with van der Waals surface area (Å²) < 4.78 is 10.8. The van der Waals surface area contributed by atoms with Crippen LogP contribution in [0.15, 0.2) is 42.5 Å². The van der Waals surface area contributed by atoms with Gasteiger partial charge in [0.05, 0.1) is 18.8 Å². The molecule has 2 atom stereocenters. The van der Waals surface area contributed by atoms with Crippen molar-refractivity contribution in [2.24, 2.45) is 0 Å². The van der Waals surface area contributed by atoms with Crippen molar-refractivity contribution in [1.82, 2.24) is 4.90 Å². The molecule has 1 amide bonds. The highest BCUT2D eigenvalue weighted by molar-refractivity contribution is 6.36. The molecule has 7 heteroatoms. The van der Waals surface area contributed by atoms with Gasteiger partial charge in [-0.2, -0.15) is 0 Å². The minimum Gasteiger partial charge on any atom is -0.487 e. The van der Waals surface area contributed by atoms with Crippen molar-refractivity contribution < 1.29 is 24.2 Å². The summed E-state index contributed by atoms with van der Waals surface area (Å²) in [6.07, 6.45) is -0.157. The van der Waals surface area contributed by atoms with Crippen molar-refractivity contribution in [2.75, 3.05) is 19.0 Å². The van der Waals surface area contributed by atoms with E-state index in [4.69, 9.17) is 9.47 Å². The molecule has 2 unspecified atom stereocenters. The first kappa shape index (κ1) is 18.8. The Morgan fingerprint density at radius 3 is 2.93 bits per heavy atom. The van der Waals surface area contributed by atoms with Gasteiger partial charge >= 0.3 is 5.97 Å². The van der Waals surface area contributed by atoms with Crippen LogP contribution in [0.2, 0.25) is 0 Å². The Labute approximate surface area is 173 Å². The average Bonchev–Trinajstić information content (AvgIpc) is 3.41. The normalized spacial score (nSPS) is 24.9. The number of fused-ring (bicyclic) bond motifs is 2. The number of carbonyl (C=O) groups excluding carboxylic acids is 2. The van der Waals surface area contributed by atoms with Gasteiger partial charge in [-0.15, -0.1) is 0 Å². The van der Waals surface area contributed by atoms with Crippen LogP contribution < -0.4 is 5.32 Å². The number of methoxy groups -OCH3 is 1. The lowest BCUT2D eigenvalue weighted by molar-refractivity contribution is -0.146. The molecule has 1 fully saturated rings. The van der Waals surface area contributed by atoms with E-state index in [0.29, 0.717) is 37.4 Å². The molecule has 2 N–H and O–H groups in total. The van der Waals surface area contributed by atoms with Crippen LogP contribution in [0.1, 0.15) is 28.7 Å². The SMILES string of the molecule is COC(=O)C1CC(O)CN1Cc1ccc2c(c1)CO/C2=C1/C(=O)Nc2ccccc21. The molecule has 3 heterocycles. The highest BCUT2D eigenvalue weighted by Gasteiger charge is 2.37. The van der Waals surface area contributed by atoms with Crippen LogP contribution in [-0.2, 0) is 32.2 Å². The minimum absolute atomic E-state index is 0.157. The number of para-hydroxylation sites is 1. The van der Waals surface area contributed by atoms with Crippen LogP contribution >= 0.6 is 0 Å². The van der Waals surface area contributed by atoms with Crippen LogP contribution in [0.4, 0.5) is 5.69 Å². The van der Waals surface area contributed by atoms with Gasteiger partial charge in [0.2, 0.25) is 0 Å². The average molecular weight is 406 g/mol. The van der Waals surface area contributed by atoms with E-state index in [1.807, 2.05) is 47.4 Å². The van der Waals surface area contributed by atoms with Gasteiger partial charge in [0.25, 0.3) is 5.91 Å². The Morgan fingerprint density at radius 2 is 2.10 bits per heavy atom. The van der Waals surface area contributed by atoms with E-state index in [2.05, 4.69) is 5.32 Å². The van der Waals surface area contributed by atoms with E-state index in [-0.39, 0.29) is 11.9 Å². The lowest BCUT2D eigenvalue weighted by Crippen LogP contribution is -2.36. The first-order chi connectivity index (χ1) is 14.5. The van der Waals surface area contributed by atoms with Crippen LogP contribution in [-0.4, -0.2) is 47.7 Å². The second-order valence-corrected chi connectivity index (χ2v) is 7.84. The number of rotatable bonds is 3. The lowest BCUT2D eigenvalue weighted by atomic mass is 9.99. The number of β-amino-alcohol motifs (C(OH)–C–C–N with tert-alkyl or cyclic N) is 1. The quantitative estimate of drug-likeness (QED) is 0.600. The van der Waals surface area contributed by atoms with Gasteiger partial charge < -0.3 is 19.9 Å². The first-order valence-corrected chi connectivity index (χ1v) is 9.95. The van der Waals surface area contributed by atoms with E-state index in [9.17, 15) is 14.7 Å². The van der Waals surface area contributed by atoms with E-state index in [1.54, 1.807) is 0 Å². The Hall–Kier alpha value is -3.16. The molecule has 3 aliphatic heterocycles. The topological polar surface area (TPSA) is 88.1 Å². The van der Waals surface area contributed by atoms with Gasteiger partial charge in [-0.05, 0) is 11.6 Å². The molecule has 0 aliphatic carbocycles. The van der Waals surface area contributed by atoms with Crippen molar-refractivity contribution in [1.29, 1.82) is 0 Å². The highest BCUT2D eigenvalue weighted by atomic mass is 16.5. The van der Waals surface area contributed by atoms with Gasteiger partial charge in [0.1, 0.15) is 18.4 Å². The number of nitrogens with zero attached hydrogens (tertiary/aromatic N) is 1. The Bertz CT molecular complexity index is 1080. The number of hydrogen-bond acceptors (Lipinski definition) is 6. The fraction of sp³-hybridized carbons (Fsp3) is 0.304. The third kappa shape index (κ3) is 3.07.